The summed E-state index contributed by atoms with van der Waals surface area (Å²) in [4.78, 5) is 98.7. The summed E-state index contributed by atoms with van der Waals surface area (Å²) in [6.07, 6.45) is 5.42. The zero-order valence-corrected chi connectivity index (χ0v) is 74.9. The van der Waals surface area contributed by atoms with E-state index in [1.54, 1.807) is 41.9 Å². The fourth-order valence-corrected chi connectivity index (χ4v) is 13.9. The number of imide groups is 1. The predicted octanol–water partition coefficient (Wildman–Crippen LogP) is 17.3. The van der Waals surface area contributed by atoms with Gasteiger partial charge in [-0.05, 0) is 82.6 Å². The van der Waals surface area contributed by atoms with Crippen LogP contribution in [0.4, 0.5) is 10.5 Å². The van der Waals surface area contributed by atoms with E-state index in [9.17, 15) is 48.3 Å². The molecule has 0 radical (unpaired) electrons. The van der Waals surface area contributed by atoms with Gasteiger partial charge in [-0.15, -0.1) is 0 Å². The lowest BCUT2D eigenvalue weighted by Gasteiger charge is -2.25. The average molecular weight is 1760 g/mol. The first-order valence-corrected chi connectivity index (χ1v) is 42.4. The Balaban J connectivity index is -0.000000630. The van der Waals surface area contributed by atoms with E-state index in [2.05, 4.69) is 71.5 Å². The van der Waals surface area contributed by atoms with Gasteiger partial charge in [-0.25, -0.2) is 20.0 Å². The minimum absolute atomic E-state index is 0. The molecule has 117 heavy (non-hydrogen) atoms. The second kappa shape index (κ2) is 73.0. The van der Waals surface area contributed by atoms with Crippen molar-refractivity contribution in [3.05, 3.63) is 307 Å². The Kier molecular flexibility index (Phi) is 70.2. The predicted molar refractivity (Wildman–Crippen MR) is 479 cm³/mol. The van der Waals surface area contributed by atoms with Gasteiger partial charge in [0.2, 0.25) is 5.91 Å². The number of alkyl halides is 1. The molecule has 0 aliphatic carbocycles. The minimum Gasteiger partial charge on any atom is -1.00 e. The molecule has 0 saturated carbocycles. The molecule has 0 spiro atoms. The fraction of sp³-hybridized carbons (Fsp3) is 0.316. The van der Waals surface area contributed by atoms with E-state index in [1.807, 2.05) is 309 Å². The number of carbonyl (C=O) groups excluding carboxylic acids is 5. The van der Waals surface area contributed by atoms with E-state index in [4.69, 9.17) is 30.0 Å². The number of nitrogens with one attached hydrogen (secondary N) is 2. The van der Waals surface area contributed by atoms with Crippen molar-refractivity contribution >= 4 is 105 Å². The van der Waals surface area contributed by atoms with Gasteiger partial charge in [-0.1, -0.05) is 363 Å². The molecule has 3 atom stereocenters. The number of hydrogen-bond acceptors (Lipinski definition) is 13. The number of halogens is 2. The van der Waals surface area contributed by atoms with Crippen molar-refractivity contribution in [2.24, 2.45) is 17.8 Å². The Morgan fingerprint density at radius 1 is 0.470 bits per heavy atom. The molecule has 2 fully saturated rings. The van der Waals surface area contributed by atoms with Crippen LogP contribution in [0.15, 0.2) is 279 Å². The molecule has 7 N–H and O–H groups in total. The van der Waals surface area contributed by atoms with Crippen molar-refractivity contribution < 1.29 is 95.2 Å². The molecule has 1 unspecified atom stereocenters. The molecule has 2 saturated heterocycles. The number of rotatable bonds is 21. The lowest BCUT2D eigenvalue weighted by atomic mass is 9.95. The van der Waals surface area contributed by atoms with Crippen molar-refractivity contribution in [1.82, 2.24) is 10.4 Å². The molecule has 19 nitrogen and oxygen atoms in total. The molecule has 9 aromatic rings. The van der Waals surface area contributed by atoms with Crippen LogP contribution < -0.4 is 43.7 Å². The zero-order chi connectivity index (χ0) is 87.9. The number of hydrogen-bond donors (Lipinski definition) is 7. The number of cyclic esters (lactones) is 2. The molecule has 2 heterocycles. The fourth-order valence-electron chi connectivity index (χ4n) is 10.0. The Morgan fingerprint density at radius 2 is 0.829 bits per heavy atom. The quantitative estimate of drug-likeness (QED) is 0.00878. The van der Waals surface area contributed by atoms with Gasteiger partial charge in [0.1, 0.15) is 47.4 Å². The second-order valence-electron chi connectivity index (χ2n) is 23.8. The highest BCUT2D eigenvalue weighted by Crippen LogP contribution is 2.55. The van der Waals surface area contributed by atoms with Crippen LogP contribution in [-0.4, -0.2) is 121 Å². The molecular formula is C95H126Br2N3O16P. The van der Waals surface area contributed by atoms with Crippen LogP contribution in [0.5, 0.6) is 0 Å². The third-order valence-corrected chi connectivity index (χ3v) is 20.2. The number of aldehydes is 1. The van der Waals surface area contributed by atoms with Crippen molar-refractivity contribution in [2.75, 3.05) is 30.0 Å². The Hall–Kier alpha value is -10.7. The number of para-hydroxylation sites is 1. The Morgan fingerprint density at radius 3 is 1.14 bits per heavy atom. The van der Waals surface area contributed by atoms with Gasteiger partial charge in [0.25, 0.3) is 5.91 Å². The summed E-state index contributed by atoms with van der Waals surface area (Å²) in [5.74, 6) is -2.61. The first kappa shape index (κ1) is 113. The van der Waals surface area contributed by atoms with E-state index in [0.29, 0.717) is 37.9 Å². The summed E-state index contributed by atoms with van der Waals surface area (Å²) in [5.41, 5.74) is 7.08. The van der Waals surface area contributed by atoms with Crippen molar-refractivity contribution in [2.45, 2.75) is 155 Å². The normalized spacial score (nSPS) is 12.2. The van der Waals surface area contributed by atoms with Gasteiger partial charge in [-0.3, -0.25) is 38.8 Å². The van der Waals surface area contributed by atoms with Crippen LogP contribution >= 0.6 is 23.2 Å². The minimum atomic E-state index is -2.21. The number of carboxylic acid groups (broad SMARTS) is 4. The van der Waals surface area contributed by atoms with Crippen molar-refractivity contribution in [3.63, 3.8) is 0 Å². The summed E-state index contributed by atoms with van der Waals surface area (Å²) < 4.78 is 9.75. The maximum Gasteiger partial charge on any atom is 0.416 e. The van der Waals surface area contributed by atoms with Gasteiger partial charge in [0.15, 0.2) is 6.16 Å². The highest BCUT2D eigenvalue weighted by atomic mass is 79.9. The maximum absolute atomic E-state index is 12.2. The summed E-state index contributed by atoms with van der Waals surface area (Å²) in [5, 5.41) is 49.3. The number of aliphatic carboxylic acids is 4. The SMILES string of the molecule is CC.CC.CC.CC.CC.CC.CC(C)[C@@H]1COC(=O)N1C(=O)Cc1ccccc1.CC(C)[C@H]1COC(=O)C1.O=C(NO)C(Cc1ccccc1)Nc1ccccc1.O=C(O)CBr.O=C(O)CC=Cc1ccccc1.O=C(O)C[P+](c1ccccc1)(c1ccccc1)c1ccccc1.O=C(O)Cc1ccccc1.O=Cc1ccccc1.[Br-]. The third-order valence-electron chi connectivity index (χ3n) is 15.4. The van der Waals surface area contributed by atoms with Gasteiger partial charge < -0.3 is 52.2 Å². The number of esters is 1. The van der Waals surface area contributed by atoms with E-state index in [1.165, 1.54) is 4.90 Å². The monoisotopic (exact) mass is 1750 g/mol. The number of ether oxygens (including phenoxy) is 2. The van der Waals surface area contributed by atoms with E-state index < -0.39 is 49.2 Å². The van der Waals surface area contributed by atoms with E-state index in [0.717, 1.165) is 55.7 Å². The molecule has 0 aromatic heterocycles. The van der Waals surface area contributed by atoms with Gasteiger partial charge >= 0.3 is 35.9 Å². The molecule has 0 bridgehead atoms. The number of nitrogens with zero attached hydrogens (tertiary/aromatic N) is 1. The van der Waals surface area contributed by atoms with Crippen LogP contribution in [0.1, 0.15) is 156 Å². The summed E-state index contributed by atoms with van der Waals surface area (Å²) in [7, 11) is -2.21. The molecule has 2 aliphatic rings. The van der Waals surface area contributed by atoms with E-state index >= 15 is 0 Å². The first-order chi connectivity index (χ1) is 56.1. The number of amides is 3. The van der Waals surface area contributed by atoms with Gasteiger partial charge in [-0.2, -0.15) is 0 Å². The number of carbonyl (C=O) groups is 9. The van der Waals surface area contributed by atoms with Crippen LogP contribution in [0, 0.1) is 17.8 Å². The van der Waals surface area contributed by atoms with Gasteiger partial charge in [0.05, 0.1) is 38.3 Å². The highest BCUT2D eigenvalue weighted by molar-refractivity contribution is 9.09. The zero-order valence-electron chi connectivity index (χ0n) is 70.8. The highest BCUT2D eigenvalue weighted by Gasteiger charge is 2.47. The van der Waals surface area contributed by atoms with Crippen molar-refractivity contribution in [3.8, 4) is 0 Å². The third kappa shape index (κ3) is 49.7. The smallest absolute Gasteiger partial charge is 0.416 e. The average Bonchev–Trinajstić information content (AvgIpc) is 1.38. The van der Waals surface area contributed by atoms with Crippen LogP contribution in [0.2, 0.25) is 0 Å². The number of hydroxylamine groups is 1. The molecule has 3 amide bonds. The lowest BCUT2D eigenvalue weighted by molar-refractivity contribution is -0.138. The first-order valence-electron chi connectivity index (χ1n) is 39.3. The van der Waals surface area contributed by atoms with Crippen LogP contribution in [0.25, 0.3) is 6.08 Å². The summed E-state index contributed by atoms with van der Waals surface area (Å²) in [6, 6.07) is 85.8. The van der Waals surface area contributed by atoms with Gasteiger partial charge in [0, 0.05) is 23.6 Å². The summed E-state index contributed by atoms with van der Waals surface area (Å²) >= 11 is 2.71. The topological polar surface area (TPSA) is 301 Å². The number of carboxylic acids is 4. The molecule has 22 heteroatoms. The van der Waals surface area contributed by atoms with Crippen LogP contribution in [0.3, 0.4) is 0 Å². The lowest BCUT2D eigenvalue weighted by Crippen LogP contribution is -3.00. The van der Waals surface area contributed by atoms with Crippen LogP contribution in [-0.2, 0) is 62.3 Å². The Bertz CT molecular complexity index is 3870. The van der Waals surface area contributed by atoms with Crippen molar-refractivity contribution in [1.29, 1.82) is 0 Å². The standard InChI is InChI=1S/C20H17O2P.C15H16N2O2.C14H17NO3.C10H10O2.C8H8O2.C7H12O2.C7H6O.C2H3BrO2.6C2H6.BrH/c21-20(22)16-23(17-10-4-1-5-11-17,18-12-6-2-7-13-18)19-14-8-3-9-15-19;18-15(17-19)14(11-12-7-3-1-4-8-12)16-13-9-5-2-6-10-13;1-10(2)12-9-18-14(17)15(12)13(16)8-11-6-4-3-5-7-11;11-10(12)8-4-7-9-5-2-1-3-6-9;9-8(10)6-7-4-2-1-3-5-7;1-5(2)6-3-7(8)9-4-6;8-6-7-4-2-1-3-5-7;3-1-2(4)5;6*1-2;/h1-15H,16H2;1-10,14,16,19H,11H2,(H,17,18);3-7,10,12H,8-9H2,1-2H3;1-7H,8H2,(H,11,12);1-5H,6H2,(H,9,10);5-6H,3-4H2,1-2H3;1-6H;1H2,(H,4,5);6*1-2H3;1H/t;;12-;;;6-;;;;;;;;;/m..0..1........./s1. The summed E-state index contributed by atoms with van der Waals surface area (Å²) in [6.45, 7) is 33.1. The Labute approximate surface area is 715 Å². The number of benzene rings is 9. The maximum atomic E-state index is 12.2. The van der Waals surface area contributed by atoms with E-state index in [-0.39, 0.29) is 71.6 Å². The number of anilines is 1. The molecular weight excluding hydrogens is 1630 g/mol. The molecule has 2 aliphatic heterocycles. The molecule has 9 aromatic carbocycles. The molecule has 636 valence electrons. The largest absolute Gasteiger partial charge is 1.00 e. The second-order valence-corrected chi connectivity index (χ2v) is 27.9. The molecule has 11 rings (SSSR count).